The van der Waals surface area contributed by atoms with Crippen molar-refractivity contribution >= 4 is 16.6 Å². The van der Waals surface area contributed by atoms with Crippen molar-refractivity contribution in [2.45, 2.75) is 0 Å². The van der Waals surface area contributed by atoms with Gasteiger partial charge < -0.3 is 0 Å². The molecular weight excluding hydrogens is 268 g/mol. The highest BCUT2D eigenvalue weighted by Crippen LogP contribution is 2.28. The van der Waals surface area contributed by atoms with Crippen LogP contribution in [0.1, 0.15) is 5.56 Å². The third-order valence-electron chi connectivity index (χ3n) is 3.11. The van der Waals surface area contributed by atoms with E-state index in [9.17, 15) is 15.4 Å². The summed E-state index contributed by atoms with van der Waals surface area (Å²) in [6.07, 6.45) is 0. The zero-order valence-corrected chi connectivity index (χ0v) is 10.7. The van der Waals surface area contributed by atoms with Crippen LogP contribution < -0.4 is 0 Å². The fraction of sp³-hybridized carbons (Fsp3) is 0. The van der Waals surface area contributed by atoms with E-state index in [1.807, 2.05) is 30.3 Å². The van der Waals surface area contributed by atoms with Crippen LogP contribution in [0.3, 0.4) is 0 Å². The Morgan fingerprint density at radius 2 is 1.86 bits per heavy atom. The second kappa shape index (κ2) is 4.98. The quantitative estimate of drug-likeness (QED) is 0.529. The van der Waals surface area contributed by atoms with Crippen molar-refractivity contribution in [3.63, 3.8) is 0 Å². The number of rotatable bonds is 2. The Morgan fingerprint density at radius 3 is 2.52 bits per heavy atom. The molecule has 0 spiro atoms. The first-order chi connectivity index (χ1) is 10.2. The van der Waals surface area contributed by atoms with E-state index in [0.717, 1.165) is 5.56 Å². The predicted molar refractivity (Wildman–Crippen MR) is 76.3 cm³/mol. The number of fused-ring (bicyclic) bond motifs is 1. The first-order valence-electron chi connectivity index (χ1n) is 6.11. The van der Waals surface area contributed by atoms with E-state index in [-0.39, 0.29) is 11.3 Å². The molecule has 0 unspecified atom stereocenters. The second-order valence-corrected chi connectivity index (χ2v) is 4.36. The number of nitro benzene ring substituents is 1. The third-order valence-corrected chi connectivity index (χ3v) is 3.11. The van der Waals surface area contributed by atoms with E-state index in [2.05, 4.69) is 16.3 Å². The molecule has 21 heavy (non-hydrogen) atoms. The Morgan fingerprint density at radius 1 is 1.10 bits per heavy atom. The molecule has 100 valence electrons. The van der Waals surface area contributed by atoms with Gasteiger partial charge in [-0.25, -0.2) is 0 Å². The Kier molecular flexibility index (Phi) is 3.01. The van der Waals surface area contributed by atoms with Crippen LogP contribution >= 0.6 is 0 Å². The van der Waals surface area contributed by atoms with E-state index in [4.69, 9.17) is 0 Å². The van der Waals surface area contributed by atoms with Crippen LogP contribution in [-0.4, -0.2) is 15.1 Å². The molecule has 0 N–H and O–H groups in total. The maximum Gasteiger partial charge on any atom is 0.270 e. The number of aromatic nitrogens is 2. The maximum absolute atomic E-state index is 10.9. The summed E-state index contributed by atoms with van der Waals surface area (Å²) in [4.78, 5) is 10.4. The summed E-state index contributed by atoms with van der Waals surface area (Å²) in [5.74, 6) is 0. The standard InChI is InChI=1S/C15H8N4O2/c16-9-13-12-8-11(19(20)21)6-7-14(12)17-18-15(13)10-4-2-1-3-5-10/h1-8H. The lowest BCUT2D eigenvalue weighted by molar-refractivity contribution is -0.384. The van der Waals surface area contributed by atoms with Crippen molar-refractivity contribution < 1.29 is 4.92 Å². The second-order valence-electron chi connectivity index (χ2n) is 4.36. The predicted octanol–water partition coefficient (Wildman–Crippen LogP) is 3.08. The fourth-order valence-corrected chi connectivity index (χ4v) is 2.12. The van der Waals surface area contributed by atoms with Crippen molar-refractivity contribution in [2.24, 2.45) is 0 Å². The molecule has 0 atom stereocenters. The van der Waals surface area contributed by atoms with Gasteiger partial charge in [-0.05, 0) is 6.07 Å². The minimum absolute atomic E-state index is 0.0778. The summed E-state index contributed by atoms with van der Waals surface area (Å²) in [6.45, 7) is 0. The summed E-state index contributed by atoms with van der Waals surface area (Å²) >= 11 is 0. The summed E-state index contributed by atoms with van der Waals surface area (Å²) < 4.78 is 0. The van der Waals surface area contributed by atoms with Gasteiger partial charge in [-0.15, -0.1) is 10.2 Å². The van der Waals surface area contributed by atoms with Crippen molar-refractivity contribution in [3.05, 3.63) is 64.2 Å². The summed E-state index contributed by atoms with van der Waals surface area (Å²) in [5, 5.41) is 28.9. The highest BCUT2D eigenvalue weighted by Gasteiger charge is 2.15. The molecule has 0 fully saturated rings. The molecule has 1 aromatic heterocycles. The van der Waals surface area contributed by atoms with E-state index in [1.54, 1.807) is 0 Å². The molecule has 0 saturated heterocycles. The molecule has 0 aliphatic heterocycles. The molecule has 0 radical (unpaired) electrons. The van der Waals surface area contributed by atoms with Crippen LogP contribution in [0.25, 0.3) is 22.2 Å². The largest absolute Gasteiger partial charge is 0.270 e. The zero-order valence-electron chi connectivity index (χ0n) is 10.7. The molecule has 0 amide bonds. The molecule has 0 aliphatic carbocycles. The van der Waals surface area contributed by atoms with E-state index in [0.29, 0.717) is 16.6 Å². The lowest BCUT2D eigenvalue weighted by atomic mass is 10.0. The molecule has 0 bridgehead atoms. The molecule has 3 aromatic rings. The van der Waals surface area contributed by atoms with Gasteiger partial charge in [-0.1, -0.05) is 30.3 Å². The number of hydrogen-bond donors (Lipinski definition) is 0. The lowest BCUT2D eigenvalue weighted by Gasteiger charge is -2.05. The van der Waals surface area contributed by atoms with Crippen LogP contribution in [0.4, 0.5) is 5.69 Å². The van der Waals surface area contributed by atoms with Gasteiger partial charge in [0.15, 0.2) is 0 Å². The van der Waals surface area contributed by atoms with Gasteiger partial charge in [0.2, 0.25) is 0 Å². The maximum atomic E-state index is 10.9. The monoisotopic (exact) mass is 276 g/mol. The first-order valence-corrected chi connectivity index (χ1v) is 6.11. The van der Waals surface area contributed by atoms with Crippen molar-refractivity contribution in [2.75, 3.05) is 0 Å². The van der Waals surface area contributed by atoms with Crippen LogP contribution in [-0.2, 0) is 0 Å². The Labute approximate surface area is 119 Å². The average molecular weight is 276 g/mol. The summed E-state index contributed by atoms with van der Waals surface area (Å²) in [7, 11) is 0. The Hall–Kier alpha value is -3.33. The first kappa shape index (κ1) is 12.7. The van der Waals surface area contributed by atoms with Gasteiger partial charge in [0.25, 0.3) is 5.69 Å². The highest BCUT2D eigenvalue weighted by molar-refractivity contribution is 5.91. The molecule has 6 heteroatoms. The highest BCUT2D eigenvalue weighted by atomic mass is 16.6. The topological polar surface area (TPSA) is 92.7 Å². The molecule has 1 heterocycles. The van der Waals surface area contributed by atoms with Crippen LogP contribution in [0, 0.1) is 21.4 Å². The number of non-ortho nitro benzene ring substituents is 1. The number of nitro groups is 1. The number of nitriles is 1. The van der Waals surface area contributed by atoms with Gasteiger partial charge in [0.05, 0.1) is 16.0 Å². The van der Waals surface area contributed by atoms with Crippen LogP contribution in [0.2, 0.25) is 0 Å². The van der Waals surface area contributed by atoms with Crippen LogP contribution in [0.15, 0.2) is 48.5 Å². The summed E-state index contributed by atoms with van der Waals surface area (Å²) in [6, 6.07) is 15.4. The number of hydrogen-bond acceptors (Lipinski definition) is 5. The van der Waals surface area contributed by atoms with Gasteiger partial charge >= 0.3 is 0 Å². The lowest BCUT2D eigenvalue weighted by Crippen LogP contribution is -1.96. The minimum atomic E-state index is -0.497. The molecule has 3 rings (SSSR count). The Bertz CT molecular complexity index is 885. The normalized spacial score (nSPS) is 10.2. The molecule has 0 saturated carbocycles. The zero-order chi connectivity index (χ0) is 14.8. The van der Waals surface area contributed by atoms with Crippen LogP contribution in [0.5, 0.6) is 0 Å². The third kappa shape index (κ3) is 2.17. The van der Waals surface area contributed by atoms with E-state index < -0.39 is 4.92 Å². The van der Waals surface area contributed by atoms with Crippen molar-refractivity contribution in [1.29, 1.82) is 5.26 Å². The number of nitrogens with zero attached hydrogens (tertiary/aromatic N) is 4. The van der Waals surface area contributed by atoms with Gasteiger partial charge in [0, 0.05) is 23.1 Å². The van der Waals surface area contributed by atoms with Crippen molar-refractivity contribution in [3.8, 4) is 17.3 Å². The molecule has 6 nitrogen and oxygen atoms in total. The summed E-state index contributed by atoms with van der Waals surface area (Å²) in [5.41, 5.74) is 1.83. The van der Waals surface area contributed by atoms with E-state index in [1.165, 1.54) is 18.2 Å². The number of benzene rings is 2. The van der Waals surface area contributed by atoms with Crippen molar-refractivity contribution in [1.82, 2.24) is 10.2 Å². The van der Waals surface area contributed by atoms with Gasteiger partial charge in [-0.3, -0.25) is 10.1 Å². The van der Waals surface area contributed by atoms with Gasteiger partial charge in [-0.2, -0.15) is 5.26 Å². The SMILES string of the molecule is N#Cc1c(-c2ccccc2)nnc2ccc([N+](=O)[O-])cc12. The fourth-order valence-electron chi connectivity index (χ4n) is 2.12. The average Bonchev–Trinajstić information content (AvgIpc) is 2.53. The van der Waals surface area contributed by atoms with E-state index >= 15 is 0 Å². The smallest absolute Gasteiger partial charge is 0.258 e. The van der Waals surface area contributed by atoms with Gasteiger partial charge in [0.1, 0.15) is 11.8 Å². The molecule has 0 aliphatic rings. The molecule has 2 aromatic carbocycles. The molecular formula is C15H8N4O2. The Balaban J connectivity index is 2.33. The minimum Gasteiger partial charge on any atom is -0.258 e.